The van der Waals surface area contributed by atoms with Crippen LogP contribution in [0.3, 0.4) is 0 Å². The molecule has 0 atom stereocenters. The van der Waals surface area contributed by atoms with Crippen molar-refractivity contribution in [2.24, 2.45) is 0 Å². The number of Topliss-reactive ketones (excluding diaryl/α,β-unsaturated/α-hetero) is 1. The van der Waals surface area contributed by atoms with Crippen molar-refractivity contribution >= 4 is 34.3 Å². The second kappa shape index (κ2) is 3.98. The molecule has 0 aliphatic rings. The Morgan fingerprint density at radius 2 is 2.12 bits per heavy atom. The lowest BCUT2D eigenvalue weighted by Gasteiger charge is -1.97. The van der Waals surface area contributed by atoms with Crippen LogP contribution in [0.15, 0.2) is 24.4 Å². The minimum Gasteiger partial charge on any atom is -0.463 e. The summed E-state index contributed by atoms with van der Waals surface area (Å²) in [6.45, 7) is 0. The SMILES string of the molecule is COC(=O)C(=O)c1c[nH]c2ccc(Cl)cc12. The average Bonchev–Trinajstić information content (AvgIpc) is 2.69. The first-order valence-corrected chi connectivity index (χ1v) is 4.90. The number of nitrogens with one attached hydrogen (secondary N) is 1. The number of carbonyl (C=O) groups excluding carboxylic acids is 2. The van der Waals surface area contributed by atoms with Crippen LogP contribution < -0.4 is 0 Å². The summed E-state index contributed by atoms with van der Waals surface area (Å²) >= 11 is 5.82. The van der Waals surface area contributed by atoms with E-state index in [0.717, 1.165) is 5.52 Å². The van der Waals surface area contributed by atoms with Gasteiger partial charge in [-0.2, -0.15) is 0 Å². The van der Waals surface area contributed by atoms with Gasteiger partial charge in [-0.15, -0.1) is 0 Å². The summed E-state index contributed by atoms with van der Waals surface area (Å²) in [6.07, 6.45) is 1.47. The fraction of sp³-hybridized carbons (Fsp3) is 0.0909. The normalized spacial score (nSPS) is 10.4. The molecule has 0 fully saturated rings. The Kier molecular flexibility index (Phi) is 2.66. The molecule has 0 saturated carbocycles. The maximum absolute atomic E-state index is 11.6. The van der Waals surface area contributed by atoms with E-state index < -0.39 is 11.8 Å². The van der Waals surface area contributed by atoms with Crippen LogP contribution in [0.25, 0.3) is 10.9 Å². The van der Waals surface area contributed by atoms with Gasteiger partial charge in [-0.3, -0.25) is 4.79 Å². The summed E-state index contributed by atoms with van der Waals surface area (Å²) in [6, 6.07) is 5.07. The van der Waals surface area contributed by atoms with Crippen molar-refractivity contribution in [2.75, 3.05) is 7.11 Å². The molecule has 1 aromatic carbocycles. The maximum Gasteiger partial charge on any atom is 0.379 e. The number of carbonyl (C=O) groups is 2. The fourth-order valence-electron chi connectivity index (χ4n) is 1.48. The summed E-state index contributed by atoms with van der Waals surface area (Å²) in [5.41, 5.74) is 1.01. The molecule has 0 bridgehead atoms. The Morgan fingerprint density at radius 1 is 1.38 bits per heavy atom. The highest BCUT2D eigenvalue weighted by atomic mass is 35.5. The minimum absolute atomic E-state index is 0.268. The molecule has 16 heavy (non-hydrogen) atoms. The predicted octanol–water partition coefficient (Wildman–Crippen LogP) is 2.18. The summed E-state index contributed by atoms with van der Waals surface area (Å²) in [5.74, 6) is -1.57. The molecular weight excluding hydrogens is 230 g/mol. The van der Waals surface area contributed by atoms with Gasteiger partial charge in [-0.05, 0) is 18.2 Å². The number of ether oxygens (including phenoxy) is 1. The van der Waals surface area contributed by atoms with Crippen molar-refractivity contribution < 1.29 is 14.3 Å². The third-order valence-electron chi connectivity index (χ3n) is 2.26. The first kappa shape index (κ1) is 10.7. The highest BCUT2D eigenvalue weighted by molar-refractivity contribution is 6.43. The van der Waals surface area contributed by atoms with Crippen LogP contribution in [0, 0.1) is 0 Å². The minimum atomic E-state index is -0.888. The topological polar surface area (TPSA) is 59.2 Å². The first-order chi connectivity index (χ1) is 7.63. The molecule has 0 spiro atoms. The third-order valence-corrected chi connectivity index (χ3v) is 2.49. The number of esters is 1. The van der Waals surface area contributed by atoms with Gasteiger partial charge >= 0.3 is 5.97 Å². The maximum atomic E-state index is 11.6. The largest absolute Gasteiger partial charge is 0.463 e. The number of H-pyrrole nitrogens is 1. The molecule has 1 aromatic heterocycles. The van der Waals surface area contributed by atoms with Gasteiger partial charge in [0.15, 0.2) is 0 Å². The van der Waals surface area contributed by atoms with Gasteiger partial charge in [0.05, 0.1) is 12.7 Å². The molecule has 0 amide bonds. The van der Waals surface area contributed by atoms with Gasteiger partial charge in [0.1, 0.15) is 0 Å². The number of hydrogen-bond acceptors (Lipinski definition) is 3. The molecule has 0 aliphatic carbocycles. The second-order valence-corrected chi connectivity index (χ2v) is 3.65. The van der Waals surface area contributed by atoms with Crippen molar-refractivity contribution in [1.29, 1.82) is 0 Å². The summed E-state index contributed by atoms with van der Waals surface area (Å²) in [5, 5.41) is 1.12. The van der Waals surface area contributed by atoms with Crippen LogP contribution in [0.5, 0.6) is 0 Å². The van der Waals surface area contributed by atoms with E-state index in [1.165, 1.54) is 13.3 Å². The van der Waals surface area contributed by atoms with Crippen molar-refractivity contribution in [2.45, 2.75) is 0 Å². The molecule has 2 rings (SSSR count). The van der Waals surface area contributed by atoms with Gasteiger partial charge in [0.25, 0.3) is 5.78 Å². The van der Waals surface area contributed by atoms with Gasteiger partial charge in [-0.25, -0.2) is 4.79 Å². The third kappa shape index (κ3) is 1.67. The van der Waals surface area contributed by atoms with Crippen molar-refractivity contribution in [3.8, 4) is 0 Å². The Hall–Kier alpha value is -1.81. The number of rotatable bonds is 2. The molecule has 5 heteroatoms. The average molecular weight is 238 g/mol. The zero-order chi connectivity index (χ0) is 11.7. The molecule has 4 nitrogen and oxygen atoms in total. The predicted molar refractivity (Wildman–Crippen MR) is 59.7 cm³/mol. The number of methoxy groups -OCH3 is 1. The summed E-state index contributed by atoms with van der Waals surface area (Å²) < 4.78 is 4.38. The monoisotopic (exact) mass is 237 g/mol. The Labute approximate surface area is 96.2 Å². The van der Waals surface area contributed by atoms with E-state index in [-0.39, 0.29) is 5.56 Å². The van der Waals surface area contributed by atoms with Gasteiger partial charge < -0.3 is 9.72 Å². The first-order valence-electron chi connectivity index (χ1n) is 4.52. The van der Waals surface area contributed by atoms with E-state index in [0.29, 0.717) is 10.4 Å². The van der Waals surface area contributed by atoms with Crippen LogP contribution in [-0.2, 0) is 9.53 Å². The van der Waals surface area contributed by atoms with E-state index in [1.807, 2.05) is 0 Å². The Balaban J connectivity index is 2.57. The second-order valence-electron chi connectivity index (χ2n) is 3.21. The molecule has 0 radical (unpaired) electrons. The van der Waals surface area contributed by atoms with E-state index in [4.69, 9.17) is 11.6 Å². The van der Waals surface area contributed by atoms with E-state index in [1.54, 1.807) is 18.2 Å². The standard InChI is InChI=1S/C11H8ClNO3/c1-16-11(15)10(14)8-5-13-9-3-2-6(12)4-7(8)9/h2-5,13H,1H3. The quantitative estimate of drug-likeness (QED) is 0.495. The van der Waals surface area contributed by atoms with Crippen molar-refractivity contribution in [1.82, 2.24) is 4.98 Å². The van der Waals surface area contributed by atoms with E-state index in [9.17, 15) is 9.59 Å². The van der Waals surface area contributed by atoms with Crippen molar-refractivity contribution in [3.05, 3.63) is 35.0 Å². The highest BCUT2D eigenvalue weighted by Crippen LogP contribution is 2.22. The lowest BCUT2D eigenvalue weighted by atomic mass is 10.1. The zero-order valence-electron chi connectivity index (χ0n) is 8.41. The Bertz CT molecular complexity index is 574. The van der Waals surface area contributed by atoms with Crippen LogP contribution in [0.2, 0.25) is 5.02 Å². The lowest BCUT2D eigenvalue weighted by Crippen LogP contribution is -2.15. The summed E-state index contributed by atoms with van der Waals surface area (Å²) in [7, 11) is 1.17. The summed E-state index contributed by atoms with van der Waals surface area (Å²) in [4.78, 5) is 25.6. The van der Waals surface area contributed by atoms with Crippen LogP contribution in [0.4, 0.5) is 0 Å². The van der Waals surface area contributed by atoms with Gasteiger partial charge in [0, 0.05) is 22.1 Å². The number of ketones is 1. The number of benzene rings is 1. The number of fused-ring (bicyclic) bond motifs is 1. The lowest BCUT2D eigenvalue weighted by molar-refractivity contribution is -0.135. The van der Waals surface area contributed by atoms with Gasteiger partial charge in [0.2, 0.25) is 0 Å². The molecule has 82 valence electrons. The number of halogens is 1. The molecule has 0 saturated heterocycles. The number of hydrogen-bond donors (Lipinski definition) is 1. The molecule has 0 aliphatic heterocycles. The molecule has 2 aromatic rings. The molecule has 0 unspecified atom stereocenters. The number of aromatic amines is 1. The van der Waals surface area contributed by atoms with Crippen LogP contribution in [0.1, 0.15) is 10.4 Å². The zero-order valence-corrected chi connectivity index (χ0v) is 9.17. The van der Waals surface area contributed by atoms with Crippen molar-refractivity contribution in [3.63, 3.8) is 0 Å². The molecule has 1 N–H and O–H groups in total. The van der Waals surface area contributed by atoms with Gasteiger partial charge in [-0.1, -0.05) is 11.6 Å². The van der Waals surface area contributed by atoms with Crippen LogP contribution in [-0.4, -0.2) is 23.8 Å². The number of aromatic nitrogens is 1. The van der Waals surface area contributed by atoms with Crippen LogP contribution >= 0.6 is 11.6 Å². The smallest absolute Gasteiger partial charge is 0.379 e. The molecule has 1 heterocycles. The fourth-order valence-corrected chi connectivity index (χ4v) is 1.66. The van der Waals surface area contributed by atoms with E-state index >= 15 is 0 Å². The highest BCUT2D eigenvalue weighted by Gasteiger charge is 2.20. The van der Waals surface area contributed by atoms with E-state index in [2.05, 4.69) is 9.72 Å². The molecular formula is C11H8ClNO3. The Morgan fingerprint density at radius 3 is 2.81 bits per heavy atom.